The lowest BCUT2D eigenvalue weighted by molar-refractivity contribution is -0.172. The van der Waals surface area contributed by atoms with Crippen LogP contribution in [0.2, 0.25) is 0 Å². The number of rotatable bonds is 5. The van der Waals surface area contributed by atoms with Gasteiger partial charge in [-0.15, -0.1) is 0 Å². The van der Waals surface area contributed by atoms with E-state index in [2.05, 4.69) is 20.8 Å². The van der Waals surface area contributed by atoms with Gasteiger partial charge in [-0.3, -0.25) is 19.2 Å². The van der Waals surface area contributed by atoms with Crippen molar-refractivity contribution in [3.63, 3.8) is 0 Å². The third-order valence-electron chi connectivity index (χ3n) is 10.4. The summed E-state index contributed by atoms with van der Waals surface area (Å²) in [5.41, 5.74) is -0.536. The average molecular weight is 461 g/mol. The van der Waals surface area contributed by atoms with Crippen molar-refractivity contribution in [2.75, 3.05) is 7.11 Å². The molecule has 33 heavy (non-hydrogen) atoms. The highest BCUT2D eigenvalue weighted by atomic mass is 16.5. The van der Waals surface area contributed by atoms with Crippen molar-refractivity contribution in [3.05, 3.63) is 0 Å². The highest BCUT2D eigenvalue weighted by Crippen LogP contribution is 2.66. The lowest BCUT2D eigenvalue weighted by Crippen LogP contribution is -2.60. The predicted octanol–water partition coefficient (Wildman–Crippen LogP) is 4.52. The molecule has 0 saturated heterocycles. The van der Waals surface area contributed by atoms with Gasteiger partial charge >= 0.3 is 11.9 Å². The van der Waals surface area contributed by atoms with Crippen LogP contribution in [0.25, 0.3) is 0 Å². The molecule has 4 fully saturated rings. The van der Waals surface area contributed by atoms with E-state index in [-0.39, 0.29) is 59.0 Å². The van der Waals surface area contributed by atoms with E-state index in [1.807, 2.05) is 0 Å². The van der Waals surface area contributed by atoms with Gasteiger partial charge in [-0.05, 0) is 73.5 Å². The van der Waals surface area contributed by atoms with Crippen LogP contribution in [0.1, 0.15) is 85.5 Å². The van der Waals surface area contributed by atoms with Crippen LogP contribution in [0, 0.1) is 46.3 Å². The van der Waals surface area contributed by atoms with E-state index in [9.17, 15) is 19.2 Å². The van der Waals surface area contributed by atoms with Gasteiger partial charge < -0.3 is 9.47 Å². The molecule has 0 radical (unpaired) electrons. The maximum absolute atomic E-state index is 13.8. The first-order valence-electron chi connectivity index (χ1n) is 12.8. The molecule has 4 aliphatic carbocycles. The second-order valence-electron chi connectivity index (χ2n) is 11.8. The van der Waals surface area contributed by atoms with Gasteiger partial charge in [0.05, 0.1) is 7.11 Å². The molecular weight excluding hydrogens is 420 g/mol. The van der Waals surface area contributed by atoms with Crippen molar-refractivity contribution in [2.45, 2.75) is 91.6 Å². The van der Waals surface area contributed by atoms with Crippen molar-refractivity contribution in [2.24, 2.45) is 46.3 Å². The molecule has 6 heteroatoms. The zero-order valence-electron chi connectivity index (χ0n) is 20.9. The number of hydrogen-bond donors (Lipinski definition) is 0. The van der Waals surface area contributed by atoms with Gasteiger partial charge in [0.2, 0.25) is 0 Å². The minimum atomic E-state index is -0.482. The summed E-state index contributed by atoms with van der Waals surface area (Å²) in [6.45, 7) is 7.99. The highest BCUT2D eigenvalue weighted by molar-refractivity contribution is 5.92. The second-order valence-corrected chi connectivity index (χ2v) is 11.8. The molecule has 0 bridgehead atoms. The average Bonchev–Trinajstić information content (AvgIpc) is 3.11. The molecule has 0 spiro atoms. The van der Waals surface area contributed by atoms with Gasteiger partial charge in [-0.2, -0.15) is 0 Å². The minimum absolute atomic E-state index is 0.0444. The fraction of sp³-hybridized carbons (Fsp3) is 0.852. The van der Waals surface area contributed by atoms with E-state index >= 15 is 0 Å². The summed E-state index contributed by atoms with van der Waals surface area (Å²) >= 11 is 0. The van der Waals surface area contributed by atoms with Gasteiger partial charge in [-0.1, -0.05) is 20.8 Å². The molecule has 0 aromatic heterocycles. The minimum Gasteiger partial charge on any atom is -0.469 e. The quantitative estimate of drug-likeness (QED) is 0.561. The Labute approximate surface area is 197 Å². The number of carbonyl (C=O) groups excluding carboxylic acids is 4. The van der Waals surface area contributed by atoms with Crippen molar-refractivity contribution in [3.8, 4) is 0 Å². The maximum Gasteiger partial charge on any atom is 0.305 e. The Morgan fingerprint density at radius 2 is 1.82 bits per heavy atom. The van der Waals surface area contributed by atoms with Crippen LogP contribution in [0.3, 0.4) is 0 Å². The molecule has 4 aliphatic rings. The van der Waals surface area contributed by atoms with Crippen LogP contribution in [0.15, 0.2) is 0 Å². The zero-order valence-corrected chi connectivity index (χ0v) is 20.9. The van der Waals surface area contributed by atoms with E-state index in [0.29, 0.717) is 37.2 Å². The Kier molecular flexibility index (Phi) is 6.52. The Morgan fingerprint density at radius 3 is 2.48 bits per heavy atom. The monoisotopic (exact) mass is 460 g/mol. The molecular formula is C27H40O6. The molecule has 6 nitrogen and oxygen atoms in total. The first-order valence-corrected chi connectivity index (χ1v) is 12.8. The summed E-state index contributed by atoms with van der Waals surface area (Å²) in [4.78, 5) is 50.6. The van der Waals surface area contributed by atoms with E-state index in [1.54, 1.807) is 0 Å². The van der Waals surface area contributed by atoms with Crippen LogP contribution >= 0.6 is 0 Å². The van der Waals surface area contributed by atoms with E-state index in [1.165, 1.54) is 14.0 Å². The molecule has 184 valence electrons. The number of fused-ring (bicyclic) bond motifs is 5. The predicted molar refractivity (Wildman–Crippen MR) is 122 cm³/mol. The van der Waals surface area contributed by atoms with Crippen molar-refractivity contribution in [1.29, 1.82) is 0 Å². The van der Waals surface area contributed by atoms with Crippen LogP contribution in [0.4, 0.5) is 0 Å². The molecule has 4 rings (SSSR count). The van der Waals surface area contributed by atoms with Gasteiger partial charge in [0, 0.05) is 37.5 Å². The van der Waals surface area contributed by atoms with Gasteiger partial charge in [0.1, 0.15) is 17.7 Å². The van der Waals surface area contributed by atoms with E-state index in [0.717, 1.165) is 32.1 Å². The number of Topliss-reactive ketones (excluding diaryl/α,β-unsaturated/α-hetero) is 2. The third kappa shape index (κ3) is 3.95. The van der Waals surface area contributed by atoms with Gasteiger partial charge in [-0.25, -0.2) is 0 Å². The van der Waals surface area contributed by atoms with Crippen LogP contribution in [0.5, 0.6) is 0 Å². The molecule has 0 aromatic carbocycles. The molecule has 9 atom stereocenters. The number of methoxy groups -OCH3 is 1. The standard InChI is InChI=1S/C27H40O6/c1-15(6-9-24(31)32-5)19-7-8-20-25-21(14-23(30)27(19,20)4)26(3)11-10-18(33-16(2)28)12-17(26)13-22(25)29/h15,17-21,25H,6-14H2,1-5H3/t15-,17?,18-,19-,20+,21+,25+,26+,27-/m1/s1. The molecule has 4 saturated carbocycles. The summed E-state index contributed by atoms with van der Waals surface area (Å²) in [5.74, 6) is 0.945. The Hall–Kier alpha value is -1.72. The Morgan fingerprint density at radius 1 is 1.09 bits per heavy atom. The molecule has 0 aromatic rings. The number of ketones is 2. The topological polar surface area (TPSA) is 86.7 Å². The fourth-order valence-corrected chi connectivity index (χ4v) is 8.55. The highest BCUT2D eigenvalue weighted by Gasteiger charge is 2.66. The van der Waals surface area contributed by atoms with Crippen molar-refractivity contribution >= 4 is 23.5 Å². The number of carbonyl (C=O) groups is 4. The Bertz CT molecular complexity index is 834. The third-order valence-corrected chi connectivity index (χ3v) is 10.4. The first-order chi connectivity index (χ1) is 15.5. The molecule has 0 N–H and O–H groups in total. The van der Waals surface area contributed by atoms with Gasteiger partial charge in [0.25, 0.3) is 0 Å². The largest absolute Gasteiger partial charge is 0.469 e. The first kappa shape index (κ1) is 24.4. The molecule has 0 heterocycles. The van der Waals surface area contributed by atoms with Gasteiger partial charge in [0.15, 0.2) is 0 Å². The molecule has 0 amide bonds. The summed E-state index contributed by atoms with van der Waals surface area (Å²) < 4.78 is 10.3. The van der Waals surface area contributed by atoms with Crippen LogP contribution in [-0.4, -0.2) is 36.7 Å². The number of ether oxygens (including phenoxy) is 2. The second kappa shape index (κ2) is 8.81. The Balaban J connectivity index is 1.56. The lowest BCUT2D eigenvalue weighted by Gasteiger charge is -2.59. The molecule has 0 aliphatic heterocycles. The van der Waals surface area contributed by atoms with Crippen LogP contribution < -0.4 is 0 Å². The van der Waals surface area contributed by atoms with Crippen molar-refractivity contribution < 1.29 is 28.7 Å². The zero-order chi connectivity index (χ0) is 24.1. The fourth-order valence-electron chi connectivity index (χ4n) is 8.55. The van der Waals surface area contributed by atoms with Crippen molar-refractivity contribution in [1.82, 2.24) is 0 Å². The lowest BCUT2D eigenvalue weighted by atomic mass is 9.43. The number of esters is 2. The van der Waals surface area contributed by atoms with Crippen LogP contribution in [-0.2, 0) is 28.7 Å². The summed E-state index contributed by atoms with van der Waals surface area (Å²) in [5, 5.41) is 0. The summed E-state index contributed by atoms with van der Waals surface area (Å²) in [6, 6.07) is 0. The normalized spacial score (nSPS) is 43.2. The summed E-state index contributed by atoms with van der Waals surface area (Å²) in [7, 11) is 1.41. The summed E-state index contributed by atoms with van der Waals surface area (Å²) in [6.07, 6.45) is 6.30. The van der Waals surface area contributed by atoms with E-state index in [4.69, 9.17) is 9.47 Å². The number of hydrogen-bond acceptors (Lipinski definition) is 6. The molecule has 1 unspecified atom stereocenters. The van der Waals surface area contributed by atoms with E-state index < -0.39 is 5.41 Å². The maximum atomic E-state index is 13.8. The smallest absolute Gasteiger partial charge is 0.305 e. The SMILES string of the molecule is COC(=O)CC[C@@H](C)[C@H]1CC[C@H]2[C@@H]3C(=O)CC4C[C@H](OC(C)=O)CC[C@]4(C)[C@H]3CC(=O)[C@]12C.